The molecule has 0 amide bonds. The molecule has 0 saturated carbocycles. The Kier molecular flexibility index (Phi) is 3.72. The first kappa shape index (κ1) is 11.6. The van der Waals surface area contributed by atoms with Crippen LogP contribution >= 0.6 is 0 Å². The number of ether oxygens (including phenoxy) is 1. The van der Waals surface area contributed by atoms with Gasteiger partial charge in [0, 0.05) is 6.54 Å². The number of hydrogen-bond acceptors (Lipinski definition) is 3. The van der Waals surface area contributed by atoms with Gasteiger partial charge in [0.2, 0.25) is 0 Å². The van der Waals surface area contributed by atoms with Crippen LogP contribution in [0.5, 0.6) is 11.5 Å². The third kappa shape index (κ3) is 3.29. The van der Waals surface area contributed by atoms with Crippen molar-refractivity contribution in [1.29, 1.82) is 0 Å². The Morgan fingerprint density at radius 3 is 2.76 bits per heavy atom. The Labute approximate surface area is 99.0 Å². The molecule has 1 heterocycles. The summed E-state index contributed by atoms with van der Waals surface area (Å²) in [5.41, 5.74) is 0. The van der Waals surface area contributed by atoms with E-state index >= 15 is 0 Å². The standard InChI is InChI=1S/C12H14FN3O/c1-14-6-7-16-9-12(8-15-16)17-11-4-2-10(13)3-5-11/h2-5,8-9,14H,6-7H2,1H3. The summed E-state index contributed by atoms with van der Waals surface area (Å²) < 4.78 is 20.0. The number of nitrogens with zero attached hydrogens (tertiary/aromatic N) is 2. The van der Waals surface area contributed by atoms with Crippen LogP contribution in [-0.4, -0.2) is 23.4 Å². The lowest BCUT2D eigenvalue weighted by Gasteiger charge is -2.02. The van der Waals surface area contributed by atoms with Crippen molar-refractivity contribution in [2.45, 2.75) is 6.54 Å². The number of halogens is 1. The van der Waals surface area contributed by atoms with Gasteiger partial charge in [-0.25, -0.2) is 4.39 Å². The van der Waals surface area contributed by atoms with E-state index in [1.807, 2.05) is 7.05 Å². The van der Waals surface area contributed by atoms with Gasteiger partial charge in [0.05, 0.1) is 18.9 Å². The molecule has 0 radical (unpaired) electrons. The van der Waals surface area contributed by atoms with E-state index in [2.05, 4.69) is 10.4 Å². The lowest BCUT2D eigenvalue weighted by molar-refractivity contribution is 0.478. The zero-order chi connectivity index (χ0) is 12.1. The molecule has 0 fully saturated rings. The average Bonchev–Trinajstić information content (AvgIpc) is 2.77. The molecule has 0 saturated heterocycles. The van der Waals surface area contributed by atoms with E-state index in [1.54, 1.807) is 29.2 Å². The molecule has 1 N–H and O–H groups in total. The molecule has 0 bridgehead atoms. The normalized spacial score (nSPS) is 10.5. The highest BCUT2D eigenvalue weighted by Crippen LogP contribution is 2.20. The van der Waals surface area contributed by atoms with Crippen molar-refractivity contribution in [3.05, 3.63) is 42.5 Å². The van der Waals surface area contributed by atoms with E-state index < -0.39 is 0 Å². The van der Waals surface area contributed by atoms with Crippen molar-refractivity contribution >= 4 is 0 Å². The molecule has 1 aromatic heterocycles. The third-order valence-electron chi connectivity index (χ3n) is 2.25. The largest absolute Gasteiger partial charge is 0.454 e. The number of rotatable bonds is 5. The van der Waals surface area contributed by atoms with Crippen LogP contribution in [0.2, 0.25) is 0 Å². The van der Waals surface area contributed by atoms with E-state index in [4.69, 9.17) is 4.74 Å². The summed E-state index contributed by atoms with van der Waals surface area (Å²) in [5.74, 6) is 0.967. The first-order valence-corrected chi connectivity index (χ1v) is 5.38. The summed E-state index contributed by atoms with van der Waals surface area (Å²) in [6, 6.07) is 5.89. The molecule has 0 aliphatic heterocycles. The quantitative estimate of drug-likeness (QED) is 0.862. The van der Waals surface area contributed by atoms with Crippen molar-refractivity contribution in [2.24, 2.45) is 0 Å². The van der Waals surface area contributed by atoms with Gasteiger partial charge in [0.1, 0.15) is 11.6 Å². The van der Waals surface area contributed by atoms with Crippen LogP contribution in [0.15, 0.2) is 36.7 Å². The molecule has 2 aromatic rings. The summed E-state index contributed by atoms with van der Waals surface area (Å²) in [7, 11) is 1.89. The molecule has 0 aliphatic rings. The summed E-state index contributed by atoms with van der Waals surface area (Å²) >= 11 is 0. The maximum absolute atomic E-state index is 12.7. The van der Waals surface area contributed by atoms with Gasteiger partial charge in [0.15, 0.2) is 5.75 Å². The molecule has 17 heavy (non-hydrogen) atoms. The van der Waals surface area contributed by atoms with Crippen LogP contribution in [0.4, 0.5) is 4.39 Å². The van der Waals surface area contributed by atoms with Crippen LogP contribution in [0.3, 0.4) is 0 Å². The van der Waals surface area contributed by atoms with Crippen LogP contribution < -0.4 is 10.1 Å². The fourth-order valence-corrected chi connectivity index (χ4v) is 1.38. The van der Waals surface area contributed by atoms with Gasteiger partial charge in [-0.15, -0.1) is 0 Å². The predicted octanol–water partition coefficient (Wildman–Crippen LogP) is 2.03. The second-order valence-corrected chi connectivity index (χ2v) is 3.60. The zero-order valence-electron chi connectivity index (χ0n) is 9.56. The monoisotopic (exact) mass is 235 g/mol. The van der Waals surface area contributed by atoms with Crippen molar-refractivity contribution in [3.63, 3.8) is 0 Å². The molecule has 1 aromatic carbocycles. The number of benzene rings is 1. The minimum Gasteiger partial charge on any atom is -0.454 e. The Balaban J connectivity index is 1.98. The smallest absolute Gasteiger partial charge is 0.165 e. The topological polar surface area (TPSA) is 39.1 Å². The van der Waals surface area contributed by atoms with Crippen LogP contribution in [0.1, 0.15) is 0 Å². The van der Waals surface area contributed by atoms with E-state index in [0.29, 0.717) is 11.5 Å². The minimum absolute atomic E-state index is 0.276. The first-order valence-electron chi connectivity index (χ1n) is 5.38. The van der Waals surface area contributed by atoms with Crippen molar-refractivity contribution in [2.75, 3.05) is 13.6 Å². The second-order valence-electron chi connectivity index (χ2n) is 3.60. The van der Waals surface area contributed by atoms with Crippen LogP contribution in [0.25, 0.3) is 0 Å². The fourth-order valence-electron chi connectivity index (χ4n) is 1.38. The maximum Gasteiger partial charge on any atom is 0.165 e. The molecule has 0 aliphatic carbocycles. The van der Waals surface area contributed by atoms with Gasteiger partial charge in [0.25, 0.3) is 0 Å². The zero-order valence-corrected chi connectivity index (χ0v) is 9.56. The Hall–Kier alpha value is -1.88. The summed E-state index contributed by atoms with van der Waals surface area (Å²) in [5, 5.41) is 7.18. The Bertz CT molecular complexity index is 467. The van der Waals surface area contributed by atoms with E-state index in [-0.39, 0.29) is 5.82 Å². The van der Waals surface area contributed by atoms with Crippen LogP contribution in [-0.2, 0) is 6.54 Å². The molecule has 90 valence electrons. The van der Waals surface area contributed by atoms with Crippen molar-refractivity contribution < 1.29 is 9.13 Å². The van der Waals surface area contributed by atoms with Gasteiger partial charge >= 0.3 is 0 Å². The Morgan fingerprint density at radius 1 is 1.29 bits per heavy atom. The van der Waals surface area contributed by atoms with Gasteiger partial charge in [-0.3, -0.25) is 4.68 Å². The SMILES string of the molecule is CNCCn1cc(Oc2ccc(F)cc2)cn1. The van der Waals surface area contributed by atoms with Gasteiger partial charge in [-0.2, -0.15) is 5.10 Å². The Morgan fingerprint density at radius 2 is 2.06 bits per heavy atom. The number of likely N-dealkylation sites (N-methyl/N-ethyl adjacent to an activating group) is 1. The predicted molar refractivity (Wildman–Crippen MR) is 62.6 cm³/mol. The lowest BCUT2D eigenvalue weighted by atomic mass is 10.3. The molecule has 2 rings (SSSR count). The number of hydrogen-bond donors (Lipinski definition) is 1. The van der Waals surface area contributed by atoms with Gasteiger partial charge in [-0.1, -0.05) is 0 Å². The molecular formula is C12H14FN3O. The lowest BCUT2D eigenvalue weighted by Crippen LogP contribution is -2.14. The second kappa shape index (κ2) is 5.45. The summed E-state index contributed by atoms with van der Waals surface area (Å²) in [6.45, 7) is 1.63. The van der Waals surface area contributed by atoms with Gasteiger partial charge < -0.3 is 10.1 Å². The number of nitrogens with one attached hydrogen (secondary N) is 1. The third-order valence-corrected chi connectivity index (χ3v) is 2.25. The van der Waals surface area contributed by atoms with E-state index in [9.17, 15) is 4.39 Å². The van der Waals surface area contributed by atoms with E-state index in [0.717, 1.165) is 13.1 Å². The molecule has 0 spiro atoms. The number of aromatic nitrogens is 2. The van der Waals surface area contributed by atoms with E-state index in [1.165, 1.54) is 12.1 Å². The van der Waals surface area contributed by atoms with Crippen LogP contribution in [0, 0.1) is 5.82 Å². The molecule has 0 unspecified atom stereocenters. The van der Waals surface area contributed by atoms with Gasteiger partial charge in [-0.05, 0) is 31.3 Å². The highest BCUT2D eigenvalue weighted by atomic mass is 19.1. The molecule has 0 atom stereocenters. The summed E-state index contributed by atoms with van der Waals surface area (Å²) in [4.78, 5) is 0. The minimum atomic E-state index is -0.276. The average molecular weight is 235 g/mol. The molecular weight excluding hydrogens is 221 g/mol. The highest BCUT2D eigenvalue weighted by Gasteiger charge is 2.01. The van der Waals surface area contributed by atoms with Crippen molar-refractivity contribution in [3.8, 4) is 11.5 Å². The molecule has 4 nitrogen and oxygen atoms in total. The summed E-state index contributed by atoms with van der Waals surface area (Å²) in [6.07, 6.45) is 3.44. The maximum atomic E-state index is 12.7. The first-order chi connectivity index (χ1) is 8.28. The highest BCUT2D eigenvalue weighted by molar-refractivity contribution is 5.28. The fraction of sp³-hybridized carbons (Fsp3) is 0.250. The molecule has 5 heteroatoms. The van der Waals surface area contributed by atoms with Crippen molar-refractivity contribution in [1.82, 2.24) is 15.1 Å².